The Labute approximate surface area is 114 Å². The fraction of sp³-hybridized carbons (Fsp3) is 0.231. The summed E-state index contributed by atoms with van der Waals surface area (Å²) in [5.41, 5.74) is 5.39. The highest BCUT2D eigenvalue weighted by molar-refractivity contribution is 9.10. The van der Waals surface area contributed by atoms with Gasteiger partial charge in [-0.05, 0) is 34.5 Å². The van der Waals surface area contributed by atoms with Crippen molar-refractivity contribution in [3.8, 4) is 0 Å². The lowest BCUT2D eigenvalue weighted by atomic mass is 10.0. The molecule has 0 spiro atoms. The predicted octanol–water partition coefficient (Wildman–Crippen LogP) is 3.57. The van der Waals surface area contributed by atoms with E-state index in [-0.39, 0.29) is 6.04 Å². The molecular formula is C13H15BrN2S. The first kappa shape index (κ1) is 12.8. The third-order valence-corrected chi connectivity index (χ3v) is 4.39. The van der Waals surface area contributed by atoms with E-state index >= 15 is 0 Å². The molecule has 0 aliphatic rings. The monoisotopic (exact) mass is 310 g/mol. The molecule has 2 aromatic rings. The summed E-state index contributed by atoms with van der Waals surface area (Å²) in [6.45, 7) is 2.10. The largest absolute Gasteiger partial charge is 0.271 e. The summed E-state index contributed by atoms with van der Waals surface area (Å²) >= 11 is 5.22. The van der Waals surface area contributed by atoms with E-state index < -0.39 is 0 Å². The molecule has 1 aromatic carbocycles. The van der Waals surface area contributed by atoms with Crippen molar-refractivity contribution in [2.75, 3.05) is 0 Å². The maximum Gasteiger partial charge on any atom is 0.0508 e. The number of nitrogens with one attached hydrogen (secondary N) is 1. The highest BCUT2D eigenvalue weighted by Gasteiger charge is 2.11. The van der Waals surface area contributed by atoms with Crippen molar-refractivity contribution in [2.24, 2.45) is 5.84 Å². The van der Waals surface area contributed by atoms with Gasteiger partial charge in [-0.1, -0.05) is 29.8 Å². The molecule has 90 valence electrons. The Morgan fingerprint density at radius 2 is 2.24 bits per heavy atom. The second-order valence-corrected chi connectivity index (χ2v) is 5.98. The van der Waals surface area contributed by atoms with Gasteiger partial charge in [-0.3, -0.25) is 11.3 Å². The van der Waals surface area contributed by atoms with Crippen LogP contribution in [0.4, 0.5) is 0 Å². The van der Waals surface area contributed by atoms with Crippen LogP contribution in [0.5, 0.6) is 0 Å². The molecule has 3 N–H and O–H groups in total. The highest BCUT2D eigenvalue weighted by Crippen LogP contribution is 2.25. The molecule has 1 unspecified atom stereocenters. The van der Waals surface area contributed by atoms with Crippen LogP contribution in [0.2, 0.25) is 0 Å². The second-order valence-electron chi connectivity index (χ2n) is 4.07. The molecule has 0 amide bonds. The maximum atomic E-state index is 5.65. The molecule has 0 aliphatic heterocycles. The van der Waals surface area contributed by atoms with Crippen molar-refractivity contribution < 1.29 is 0 Å². The van der Waals surface area contributed by atoms with Gasteiger partial charge in [0, 0.05) is 21.2 Å². The van der Waals surface area contributed by atoms with Crippen molar-refractivity contribution in [1.82, 2.24) is 5.43 Å². The van der Waals surface area contributed by atoms with E-state index in [0.29, 0.717) is 0 Å². The molecule has 1 atom stereocenters. The van der Waals surface area contributed by atoms with E-state index in [0.717, 1.165) is 10.9 Å². The third-order valence-electron chi connectivity index (χ3n) is 2.67. The molecule has 2 nitrogen and oxygen atoms in total. The van der Waals surface area contributed by atoms with Gasteiger partial charge in [-0.2, -0.15) is 0 Å². The molecule has 17 heavy (non-hydrogen) atoms. The van der Waals surface area contributed by atoms with Gasteiger partial charge in [0.15, 0.2) is 0 Å². The molecule has 4 heteroatoms. The summed E-state index contributed by atoms with van der Waals surface area (Å²) in [4.78, 5) is 1.32. The van der Waals surface area contributed by atoms with Crippen LogP contribution in [0.1, 0.15) is 22.0 Å². The van der Waals surface area contributed by atoms with Gasteiger partial charge in [-0.15, -0.1) is 11.3 Å². The Hall–Kier alpha value is -0.680. The zero-order chi connectivity index (χ0) is 12.3. The number of hydrazine groups is 1. The Balaban J connectivity index is 2.16. The topological polar surface area (TPSA) is 38.0 Å². The van der Waals surface area contributed by atoms with E-state index in [1.54, 1.807) is 11.3 Å². The van der Waals surface area contributed by atoms with Crippen LogP contribution in [-0.4, -0.2) is 0 Å². The number of thiophene rings is 1. The second kappa shape index (κ2) is 5.78. The van der Waals surface area contributed by atoms with Gasteiger partial charge in [0.1, 0.15) is 0 Å². The Kier molecular flexibility index (Phi) is 4.34. The molecule has 0 saturated carbocycles. The van der Waals surface area contributed by atoms with Crippen LogP contribution >= 0.6 is 27.3 Å². The summed E-state index contributed by atoms with van der Waals surface area (Å²) in [5, 5.41) is 2.10. The Morgan fingerprint density at radius 1 is 1.41 bits per heavy atom. The van der Waals surface area contributed by atoms with Crippen LogP contribution in [0.15, 0.2) is 40.2 Å². The molecule has 0 aliphatic carbocycles. The normalized spacial score (nSPS) is 12.6. The molecule has 2 rings (SSSR count). The first-order valence-electron chi connectivity index (χ1n) is 5.44. The summed E-state index contributed by atoms with van der Waals surface area (Å²) in [5.74, 6) is 5.65. The van der Waals surface area contributed by atoms with Crippen molar-refractivity contribution in [2.45, 2.75) is 19.4 Å². The Morgan fingerprint density at radius 3 is 2.82 bits per heavy atom. The molecule has 0 bridgehead atoms. The summed E-state index contributed by atoms with van der Waals surface area (Å²) < 4.78 is 1.14. The summed E-state index contributed by atoms with van der Waals surface area (Å²) in [7, 11) is 0. The summed E-state index contributed by atoms with van der Waals surface area (Å²) in [6.07, 6.45) is 0.913. The van der Waals surface area contributed by atoms with Crippen LogP contribution in [0, 0.1) is 6.92 Å². The maximum absolute atomic E-state index is 5.65. The average molecular weight is 311 g/mol. The van der Waals surface area contributed by atoms with E-state index in [4.69, 9.17) is 5.84 Å². The van der Waals surface area contributed by atoms with Gasteiger partial charge in [0.05, 0.1) is 6.04 Å². The fourth-order valence-electron chi connectivity index (χ4n) is 1.82. The fourth-order valence-corrected chi connectivity index (χ4v) is 3.32. The molecule has 1 heterocycles. The number of aryl methyl sites for hydroxylation is 1. The predicted molar refractivity (Wildman–Crippen MR) is 77.0 cm³/mol. The number of hydrogen-bond acceptors (Lipinski definition) is 3. The van der Waals surface area contributed by atoms with Crippen LogP contribution in [0.25, 0.3) is 0 Å². The number of benzene rings is 1. The molecular weight excluding hydrogens is 296 g/mol. The van der Waals surface area contributed by atoms with Gasteiger partial charge < -0.3 is 0 Å². The van der Waals surface area contributed by atoms with Crippen molar-refractivity contribution in [3.05, 3.63) is 56.2 Å². The zero-order valence-corrected chi connectivity index (χ0v) is 12.0. The van der Waals surface area contributed by atoms with E-state index in [1.165, 1.54) is 16.0 Å². The lowest BCUT2D eigenvalue weighted by molar-refractivity contribution is 0.555. The smallest absolute Gasteiger partial charge is 0.0508 e. The van der Waals surface area contributed by atoms with Crippen LogP contribution in [0.3, 0.4) is 0 Å². The first-order valence-corrected chi connectivity index (χ1v) is 7.12. The third kappa shape index (κ3) is 3.39. The quantitative estimate of drug-likeness (QED) is 0.669. The van der Waals surface area contributed by atoms with Crippen molar-refractivity contribution in [3.63, 3.8) is 0 Å². The van der Waals surface area contributed by atoms with Crippen LogP contribution in [-0.2, 0) is 6.42 Å². The molecule has 0 saturated heterocycles. The molecule has 0 fully saturated rings. The number of halogens is 1. The zero-order valence-electron chi connectivity index (χ0n) is 9.61. The summed E-state index contributed by atoms with van der Waals surface area (Å²) in [6, 6.07) is 10.8. The van der Waals surface area contributed by atoms with Gasteiger partial charge >= 0.3 is 0 Å². The minimum atomic E-state index is 0.167. The number of nitrogens with two attached hydrogens (primary N) is 1. The van der Waals surface area contributed by atoms with Gasteiger partial charge in [0.2, 0.25) is 0 Å². The SMILES string of the molecule is Cc1cccc(C(Cc2cc(Br)cs2)NN)c1. The molecule has 1 aromatic heterocycles. The van der Waals surface area contributed by atoms with Crippen molar-refractivity contribution in [1.29, 1.82) is 0 Å². The lowest BCUT2D eigenvalue weighted by Gasteiger charge is -2.15. The van der Waals surface area contributed by atoms with E-state index in [9.17, 15) is 0 Å². The number of rotatable bonds is 4. The number of hydrogen-bond donors (Lipinski definition) is 2. The van der Waals surface area contributed by atoms with Crippen LogP contribution < -0.4 is 11.3 Å². The first-order chi connectivity index (χ1) is 8.19. The van der Waals surface area contributed by atoms with E-state index in [2.05, 4.69) is 64.0 Å². The Bertz CT molecular complexity index is 496. The minimum absolute atomic E-state index is 0.167. The van der Waals surface area contributed by atoms with Gasteiger partial charge in [-0.25, -0.2) is 0 Å². The minimum Gasteiger partial charge on any atom is -0.271 e. The average Bonchev–Trinajstić information content (AvgIpc) is 2.72. The van der Waals surface area contributed by atoms with Crippen molar-refractivity contribution >= 4 is 27.3 Å². The standard InChI is InChI=1S/C13H15BrN2S/c1-9-3-2-4-10(5-9)13(16-15)7-12-6-11(14)8-17-12/h2-6,8,13,16H,7,15H2,1H3. The lowest BCUT2D eigenvalue weighted by Crippen LogP contribution is -2.29. The molecule has 0 radical (unpaired) electrons. The van der Waals surface area contributed by atoms with Gasteiger partial charge in [0.25, 0.3) is 0 Å². The highest BCUT2D eigenvalue weighted by atomic mass is 79.9. The van der Waals surface area contributed by atoms with E-state index in [1.807, 2.05) is 0 Å².